The smallest absolute Gasteiger partial charge is 0.265 e. The number of rotatable bonds is 7. The molecule has 1 aliphatic rings. The van der Waals surface area contributed by atoms with Crippen LogP contribution in [0.3, 0.4) is 0 Å². The summed E-state index contributed by atoms with van der Waals surface area (Å²) in [6.07, 6.45) is 1.05. The van der Waals surface area contributed by atoms with Crippen molar-refractivity contribution >= 4 is 29.1 Å². The maximum absolute atomic E-state index is 12.5. The minimum Gasteiger partial charge on any atom is -0.479 e. The lowest BCUT2D eigenvalue weighted by Gasteiger charge is -2.24. The quantitative estimate of drug-likeness (QED) is 0.618. The van der Waals surface area contributed by atoms with Crippen LogP contribution in [-0.4, -0.2) is 24.1 Å². The predicted octanol–water partition coefficient (Wildman–Crippen LogP) is 3.71. The van der Waals surface area contributed by atoms with Crippen LogP contribution in [0, 0.1) is 0 Å². The molecule has 0 saturated carbocycles. The third-order valence-electron chi connectivity index (χ3n) is 4.52. The van der Waals surface area contributed by atoms with E-state index in [0.717, 1.165) is 18.4 Å². The highest BCUT2D eigenvalue weighted by molar-refractivity contribution is 6.30. The van der Waals surface area contributed by atoms with Crippen LogP contribution in [0.25, 0.3) is 0 Å². The molecule has 0 radical (unpaired) electrons. The molecular formula is C21H24ClN3O3. The summed E-state index contributed by atoms with van der Waals surface area (Å²) in [5.74, 6) is 0.358. The number of amides is 2. The first-order valence-electron chi connectivity index (χ1n) is 9.36. The van der Waals surface area contributed by atoms with Gasteiger partial charge in [-0.05, 0) is 55.3 Å². The Hall–Kier alpha value is -2.57. The lowest BCUT2D eigenvalue weighted by molar-refractivity contribution is -0.122. The summed E-state index contributed by atoms with van der Waals surface area (Å²) in [5, 5.41) is 9.82. The van der Waals surface area contributed by atoms with Gasteiger partial charge in [0.15, 0.2) is 6.10 Å². The zero-order chi connectivity index (χ0) is 20.1. The third-order valence-corrected chi connectivity index (χ3v) is 4.77. The molecule has 1 aliphatic heterocycles. The summed E-state index contributed by atoms with van der Waals surface area (Å²) in [5.41, 5.74) is 2.22. The van der Waals surface area contributed by atoms with E-state index in [4.69, 9.17) is 16.3 Å². The summed E-state index contributed by atoms with van der Waals surface area (Å²) in [6.45, 7) is 4.33. The molecule has 3 rings (SSSR count). The summed E-state index contributed by atoms with van der Waals surface area (Å²) in [7, 11) is 0. The van der Waals surface area contributed by atoms with Gasteiger partial charge in [-0.15, -0.1) is 0 Å². The van der Waals surface area contributed by atoms with Crippen molar-refractivity contribution in [2.24, 2.45) is 0 Å². The first-order chi connectivity index (χ1) is 13.5. The Morgan fingerprint density at radius 3 is 2.71 bits per heavy atom. The molecular weight excluding hydrogens is 378 g/mol. The highest BCUT2D eigenvalue weighted by Gasteiger charge is 2.23. The predicted molar refractivity (Wildman–Crippen MR) is 110 cm³/mol. The van der Waals surface area contributed by atoms with Crippen LogP contribution in [-0.2, 0) is 11.3 Å². The molecule has 148 valence electrons. The molecule has 0 spiro atoms. The van der Waals surface area contributed by atoms with Gasteiger partial charge in [0.1, 0.15) is 5.75 Å². The Morgan fingerprint density at radius 1 is 1.25 bits per heavy atom. The van der Waals surface area contributed by atoms with E-state index >= 15 is 0 Å². The largest absolute Gasteiger partial charge is 0.479 e. The molecule has 7 heteroatoms. The summed E-state index contributed by atoms with van der Waals surface area (Å²) in [4.78, 5) is 24.2. The van der Waals surface area contributed by atoms with Gasteiger partial charge in [0.25, 0.3) is 11.8 Å². The molecule has 0 fully saturated rings. The van der Waals surface area contributed by atoms with Gasteiger partial charge >= 0.3 is 0 Å². The number of ether oxygens (including phenoxy) is 1. The third kappa shape index (κ3) is 5.03. The molecule has 2 atom stereocenters. The van der Waals surface area contributed by atoms with Gasteiger partial charge in [-0.2, -0.15) is 0 Å². The van der Waals surface area contributed by atoms with Gasteiger partial charge in [-0.3, -0.25) is 14.9 Å². The van der Waals surface area contributed by atoms with E-state index in [1.807, 2.05) is 18.2 Å². The molecule has 2 unspecified atom stereocenters. The number of carbonyl (C=O) groups is 2. The van der Waals surface area contributed by atoms with Crippen LogP contribution in [0.4, 0.5) is 5.69 Å². The van der Waals surface area contributed by atoms with Crippen LogP contribution >= 0.6 is 11.6 Å². The van der Waals surface area contributed by atoms with E-state index < -0.39 is 6.10 Å². The van der Waals surface area contributed by atoms with Crippen molar-refractivity contribution in [3.05, 3.63) is 58.6 Å². The van der Waals surface area contributed by atoms with Crippen molar-refractivity contribution in [3.63, 3.8) is 0 Å². The maximum Gasteiger partial charge on any atom is 0.265 e. The fraction of sp³-hybridized carbons (Fsp3) is 0.333. The fourth-order valence-corrected chi connectivity index (χ4v) is 3.09. The van der Waals surface area contributed by atoms with Gasteiger partial charge in [0, 0.05) is 17.1 Å². The Morgan fingerprint density at radius 2 is 2.00 bits per heavy atom. The number of hydrogen-bond acceptors (Lipinski definition) is 4. The van der Waals surface area contributed by atoms with Crippen LogP contribution in [0.1, 0.15) is 42.6 Å². The van der Waals surface area contributed by atoms with E-state index in [2.05, 4.69) is 22.9 Å². The normalized spacial score (nSPS) is 16.5. The fourth-order valence-electron chi connectivity index (χ4n) is 2.96. The second kappa shape index (κ2) is 9.08. The SMILES string of the molecule is CCCC(NCc1ccc2c(c1)NC(=O)C(C)O2)NC(=O)c1ccc(Cl)cc1. The first kappa shape index (κ1) is 20.2. The Kier molecular flexibility index (Phi) is 6.54. The first-order valence-corrected chi connectivity index (χ1v) is 9.74. The minimum atomic E-state index is -0.492. The molecule has 0 saturated heterocycles. The highest BCUT2D eigenvalue weighted by Crippen LogP contribution is 2.30. The Labute approximate surface area is 169 Å². The zero-order valence-corrected chi connectivity index (χ0v) is 16.7. The lowest BCUT2D eigenvalue weighted by Crippen LogP contribution is -2.45. The van der Waals surface area contributed by atoms with Crippen molar-refractivity contribution in [3.8, 4) is 5.75 Å². The van der Waals surface area contributed by atoms with E-state index in [0.29, 0.717) is 28.6 Å². The van der Waals surface area contributed by atoms with Gasteiger partial charge < -0.3 is 15.4 Å². The van der Waals surface area contributed by atoms with Crippen LogP contribution in [0.5, 0.6) is 5.75 Å². The minimum absolute atomic E-state index is 0.150. The molecule has 2 aromatic carbocycles. The number of anilines is 1. The average Bonchev–Trinajstić information content (AvgIpc) is 2.67. The van der Waals surface area contributed by atoms with Gasteiger partial charge in [0.2, 0.25) is 0 Å². The van der Waals surface area contributed by atoms with Crippen LogP contribution in [0.15, 0.2) is 42.5 Å². The zero-order valence-electron chi connectivity index (χ0n) is 15.9. The second-order valence-electron chi connectivity index (χ2n) is 6.78. The molecule has 0 bridgehead atoms. The molecule has 1 heterocycles. The van der Waals surface area contributed by atoms with Crippen LogP contribution < -0.4 is 20.7 Å². The standard InChI is InChI=1S/C21H24ClN3O3/c1-3-4-19(25-21(27)15-6-8-16(22)9-7-15)23-12-14-5-10-18-17(11-14)24-20(26)13(2)28-18/h5-11,13,19,23H,3-4,12H2,1-2H3,(H,24,26)(H,25,27). The molecule has 2 amide bonds. The van der Waals surface area contributed by atoms with Gasteiger partial charge in [-0.25, -0.2) is 0 Å². The molecule has 0 aliphatic carbocycles. The number of hydrogen-bond donors (Lipinski definition) is 3. The average molecular weight is 402 g/mol. The summed E-state index contributed by atoms with van der Waals surface area (Å²) in [6, 6.07) is 12.5. The van der Waals surface area contributed by atoms with E-state index in [1.54, 1.807) is 31.2 Å². The van der Waals surface area contributed by atoms with Gasteiger partial charge in [-0.1, -0.05) is 31.0 Å². The summed E-state index contributed by atoms with van der Waals surface area (Å²) < 4.78 is 5.57. The number of carbonyl (C=O) groups excluding carboxylic acids is 2. The van der Waals surface area contributed by atoms with Crippen molar-refractivity contribution < 1.29 is 14.3 Å². The van der Waals surface area contributed by atoms with Crippen molar-refractivity contribution in [1.29, 1.82) is 0 Å². The van der Waals surface area contributed by atoms with E-state index in [9.17, 15) is 9.59 Å². The van der Waals surface area contributed by atoms with Crippen molar-refractivity contribution in [2.45, 2.75) is 45.5 Å². The number of nitrogens with one attached hydrogen (secondary N) is 3. The van der Waals surface area contributed by atoms with Crippen molar-refractivity contribution in [2.75, 3.05) is 5.32 Å². The Bertz CT molecular complexity index is 854. The number of benzene rings is 2. The molecule has 2 aromatic rings. The lowest BCUT2D eigenvalue weighted by atomic mass is 10.1. The van der Waals surface area contributed by atoms with Crippen LogP contribution in [0.2, 0.25) is 5.02 Å². The van der Waals surface area contributed by atoms with Crippen molar-refractivity contribution in [1.82, 2.24) is 10.6 Å². The monoisotopic (exact) mass is 401 g/mol. The topological polar surface area (TPSA) is 79.5 Å². The number of fused-ring (bicyclic) bond motifs is 1. The summed E-state index contributed by atoms with van der Waals surface area (Å²) >= 11 is 5.88. The molecule has 6 nitrogen and oxygen atoms in total. The number of halogens is 1. The molecule has 0 aromatic heterocycles. The molecule has 28 heavy (non-hydrogen) atoms. The van der Waals surface area contributed by atoms with E-state index in [1.165, 1.54) is 0 Å². The highest BCUT2D eigenvalue weighted by atomic mass is 35.5. The van der Waals surface area contributed by atoms with E-state index in [-0.39, 0.29) is 18.0 Å². The second-order valence-corrected chi connectivity index (χ2v) is 7.22. The van der Waals surface area contributed by atoms with Gasteiger partial charge in [0.05, 0.1) is 11.9 Å². The molecule has 3 N–H and O–H groups in total. The maximum atomic E-state index is 12.5. The Balaban J connectivity index is 1.62.